The Morgan fingerprint density at radius 3 is 2.43 bits per heavy atom. The highest BCUT2D eigenvalue weighted by Gasteiger charge is 2.27. The number of ether oxygens (including phenoxy) is 2. The molecule has 0 aliphatic carbocycles. The van der Waals surface area contributed by atoms with Gasteiger partial charge in [-0.05, 0) is 54.4 Å². The molecule has 2 aliphatic rings. The Bertz CT molecular complexity index is 1530. The van der Waals surface area contributed by atoms with Crippen molar-refractivity contribution in [2.75, 3.05) is 37.9 Å². The van der Waals surface area contributed by atoms with E-state index in [4.69, 9.17) is 9.47 Å². The smallest absolute Gasteiger partial charge is 0.305 e. The second-order valence-corrected chi connectivity index (χ2v) is 9.84. The Balaban J connectivity index is 1.30. The maximum atomic E-state index is 13.4. The molecule has 5 rings (SSSR count). The normalized spacial score (nSPS) is 15.1. The minimum atomic E-state index is -1.18. The van der Waals surface area contributed by atoms with Gasteiger partial charge < -0.3 is 29.7 Å². The van der Waals surface area contributed by atoms with E-state index in [1.807, 2.05) is 0 Å². The second-order valence-electron chi connectivity index (χ2n) is 9.84. The van der Waals surface area contributed by atoms with Gasteiger partial charge in [0.2, 0.25) is 6.79 Å². The van der Waals surface area contributed by atoms with E-state index in [1.165, 1.54) is 24.3 Å². The Morgan fingerprint density at radius 1 is 0.952 bits per heavy atom. The summed E-state index contributed by atoms with van der Waals surface area (Å²) in [7, 11) is 0. The number of benzene rings is 3. The summed E-state index contributed by atoms with van der Waals surface area (Å²) < 4.78 is 24.0. The molecule has 1 unspecified atom stereocenters. The number of hydrogen-bond donors (Lipinski definition) is 2. The summed E-state index contributed by atoms with van der Waals surface area (Å²) in [5.41, 5.74) is 0.806. The lowest BCUT2D eigenvalue weighted by atomic mass is 10.0. The molecule has 0 bridgehead atoms. The largest absolute Gasteiger partial charge is 0.481 e. The first-order valence-corrected chi connectivity index (χ1v) is 13.2. The first-order valence-electron chi connectivity index (χ1n) is 13.2. The highest BCUT2D eigenvalue weighted by Crippen LogP contribution is 2.34. The standard InChI is InChI=1S/C29H27FN4O8/c30-21-6-2-18(3-7-21)22(16-27(35)36)31-28(37)19-4-8-23(24(14-19)34(39)40)32-10-1-11-33(13-12-32)29(38)20-5-9-25-26(15-20)42-17-41-25/h2-9,14-15,22H,1,10-13,16-17H2,(H,31,37)(H,35,36). The summed E-state index contributed by atoms with van der Waals surface area (Å²) in [6.45, 7) is 1.64. The molecule has 2 heterocycles. The van der Waals surface area contributed by atoms with Crippen molar-refractivity contribution in [2.24, 2.45) is 0 Å². The summed E-state index contributed by atoms with van der Waals surface area (Å²) in [6, 6.07) is 13.1. The molecule has 0 radical (unpaired) electrons. The van der Waals surface area contributed by atoms with E-state index >= 15 is 0 Å². The lowest BCUT2D eigenvalue weighted by Gasteiger charge is -2.24. The molecule has 218 valence electrons. The van der Waals surface area contributed by atoms with Gasteiger partial charge in [-0.15, -0.1) is 0 Å². The third-order valence-electron chi connectivity index (χ3n) is 7.13. The van der Waals surface area contributed by atoms with Crippen LogP contribution in [0.15, 0.2) is 60.7 Å². The van der Waals surface area contributed by atoms with Crippen molar-refractivity contribution in [3.63, 3.8) is 0 Å². The lowest BCUT2D eigenvalue weighted by molar-refractivity contribution is -0.384. The van der Waals surface area contributed by atoms with Gasteiger partial charge in [-0.2, -0.15) is 0 Å². The molecular formula is C29H27FN4O8. The van der Waals surface area contributed by atoms with E-state index in [9.17, 15) is 34.0 Å². The zero-order valence-electron chi connectivity index (χ0n) is 22.3. The number of rotatable bonds is 8. The molecule has 0 saturated carbocycles. The maximum absolute atomic E-state index is 13.4. The molecular weight excluding hydrogens is 551 g/mol. The molecule has 3 aromatic carbocycles. The fourth-order valence-corrected chi connectivity index (χ4v) is 5.02. The minimum Gasteiger partial charge on any atom is -0.481 e. The van der Waals surface area contributed by atoms with Crippen LogP contribution in [0.5, 0.6) is 11.5 Å². The van der Waals surface area contributed by atoms with E-state index in [2.05, 4.69) is 5.32 Å². The van der Waals surface area contributed by atoms with E-state index in [1.54, 1.807) is 28.0 Å². The number of carboxylic acid groups (broad SMARTS) is 1. The first-order chi connectivity index (χ1) is 20.2. The third-order valence-corrected chi connectivity index (χ3v) is 7.13. The number of halogens is 1. The van der Waals surface area contributed by atoms with Crippen LogP contribution < -0.4 is 19.7 Å². The number of carbonyl (C=O) groups is 3. The van der Waals surface area contributed by atoms with Gasteiger partial charge in [0.05, 0.1) is 17.4 Å². The average Bonchev–Trinajstić information content (AvgIpc) is 3.31. The lowest BCUT2D eigenvalue weighted by Crippen LogP contribution is -2.35. The minimum absolute atomic E-state index is 0.0302. The van der Waals surface area contributed by atoms with E-state index < -0.39 is 35.1 Å². The van der Waals surface area contributed by atoms with Crippen molar-refractivity contribution in [2.45, 2.75) is 18.9 Å². The van der Waals surface area contributed by atoms with Crippen molar-refractivity contribution in [3.05, 3.63) is 93.3 Å². The van der Waals surface area contributed by atoms with Gasteiger partial charge in [-0.1, -0.05) is 12.1 Å². The predicted molar refractivity (Wildman–Crippen MR) is 147 cm³/mol. The number of nitrogens with zero attached hydrogens (tertiary/aromatic N) is 3. The molecule has 1 fully saturated rings. The number of carbonyl (C=O) groups excluding carboxylic acids is 2. The zero-order chi connectivity index (χ0) is 29.8. The van der Waals surface area contributed by atoms with Crippen LogP contribution in [0.4, 0.5) is 15.8 Å². The van der Waals surface area contributed by atoms with Crippen LogP contribution in [0.25, 0.3) is 0 Å². The number of carboxylic acids is 1. The number of aliphatic carboxylic acids is 1. The number of hydrogen-bond acceptors (Lipinski definition) is 8. The Morgan fingerprint density at radius 2 is 1.69 bits per heavy atom. The average molecular weight is 579 g/mol. The Kier molecular flexibility index (Phi) is 8.18. The van der Waals surface area contributed by atoms with Gasteiger partial charge in [0.15, 0.2) is 11.5 Å². The molecule has 0 spiro atoms. The zero-order valence-corrected chi connectivity index (χ0v) is 22.3. The molecule has 2 N–H and O–H groups in total. The van der Waals surface area contributed by atoms with Gasteiger partial charge in [0, 0.05) is 43.4 Å². The highest BCUT2D eigenvalue weighted by atomic mass is 19.1. The van der Waals surface area contributed by atoms with Gasteiger partial charge in [-0.3, -0.25) is 24.5 Å². The number of amides is 2. The monoisotopic (exact) mass is 578 g/mol. The van der Waals surface area contributed by atoms with Crippen molar-refractivity contribution in [1.82, 2.24) is 10.2 Å². The van der Waals surface area contributed by atoms with Crippen LogP contribution in [0.3, 0.4) is 0 Å². The van der Waals surface area contributed by atoms with Crippen molar-refractivity contribution in [3.8, 4) is 11.5 Å². The molecule has 12 nitrogen and oxygen atoms in total. The Labute approximate surface area is 239 Å². The summed E-state index contributed by atoms with van der Waals surface area (Å²) in [4.78, 5) is 52.6. The second kappa shape index (κ2) is 12.1. The summed E-state index contributed by atoms with van der Waals surface area (Å²) in [5.74, 6) is -1.52. The molecule has 2 amide bonds. The van der Waals surface area contributed by atoms with Crippen molar-refractivity contribution >= 4 is 29.2 Å². The van der Waals surface area contributed by atoms with Crippen LogP contribution in [-0.4, -0.2) is 65.7 Å². The molecule has 13 heteroatoms. The van der Waals surface area contributed by atoms with Crippen LogP contribution in [0.1, 0.15) is 45.2 Å². The van der Waals surface area contributed by atoms with Gasteiger partial charge in [-0.25, -0.2) is 4.39 Å². The quantitative estimate of drug-likeness (QED) is 0.301. The van der Waals surface area contributed by atoms with Crippen molar-refractivity contribution in [1.29, 1.82) is 0 Å². The highest BCUT2D eigenvalue weighted by molar-refractivity contribution is 5.96. The maximum Gasteiger partial charge on any atom is 0.305 e. The summed E-state index contributed by atoms with van der Waals surface area (Å²) in [5, 5.41) is 23.9. The van der Waals surface area contributed by atoms with Gasteiger partial charge >= 0.3 is 5.97 Å². The summed E-state index contributed by atoms with van der Waals surface area (Å²) >= 11 is 0. The number of nitro benzene ring substituents is 1. The fraction of sp³-hybridized carbons (Fsp3) is 0.276. The molecule has 42 heavy (non-hydrogen) atoms. The SMILES string of the molecule is O=C(O)CC(NC(=O)c1ccc(N2CCCN(C(=O)c3ccc4c(c3)OCO4)CC2)c([N+](=O)[O-])c1)c1ccc(F)cc1. The number of anilines is 1. The van der Waals surface area contributed by atoms with E-state index in [0.29, 0.717) is 60.9 Å². The molecule has 0 aromatic heterocycles. The molecule has 2 aliphatic heterocycles. The molecule has 1 atom stereocenters. The van der Waals surface area contributed by atoms with Crippen LogP contribution in [0, 0.1) is 15.9 Å². The number of fused-ring (bicyclic) bond motifs is 1. The van der Waals surface area contributed by atoms with E-state index in [0.717, 1.165) is 18.2 Å². The molecule has 1 saturated heterocycles. The van der Waals surface area contributed by atoms with Gasteiger partial charge in [0.1, 0.15) is 11.5 Å². The first kappa shape index (κ1) is 28.3. The van der Waals surface area contributed by atoms with Crippen LogP contribution in [-0.2, 0) is 4.79 Å². The van der Waals surface area contributed by atoms with Crippen molar-refractivity contribution < 1.29 is 38.3 Å². The summed E-state index contributed by atoms with van der Waals surface area (Å²) in [6.07, 6.45) is 0.0943. The predicted octanol–water partition coefficient (Wildman–Crippen LogP) is 3.76. The van der Waals surface area contributed by atoms with Gasteiger partial charge in [0.25, 0.3) is 17.5 Å². The fourth-order valence-electron chi connectivity index (χ4n) is 5.02. The molecule has 3 aromatic rings. The Hall–Kier alpha value is -5.20. The van der Waals surface area contributed by atoms with Crippen LogP contribution in [0.2, 0.25) is 0 Å². The van der Waals surface area contributed by atoms with E-state index in [-0.39, 0.29) is 24.0 Å². The number of nitrogens with one attached hydrogen (secondary N) is 1. The topological polar surface area (TPSA) is 152 Å². The number of nitro groups is 1. The third kappa shape index (κ3) is 6.24. The van der Waals surface area contributed by atoms with Crippen LogP contribution >= 0.6 is 0 Å².